The molecule has 0 aliphatic heterocycles. The minimum atomic E-state index is 0.399. The first-order valence-electron chi connectivity index (χ1n) is 8.56. The van der Waals surface area contributed by atoms with Crippen molar-refractivity contribution in [3.63, 3.8) is 0 Å². The molecule has 2 rings (SSSR count). The van der Waals surface area contributed by atoms with Gasteiger partial charge in [0.25, 0.3) is 0 Å². The highest BCUT2D eigenvalue weighted by molar-refractivity contribution is 8.01. The van der Waals surface area contributed by atoms with E-state index in [1.807, 2.05) is 0 Å². The van der Waals surface area contributed by atoms with Crippen molar-refractivity contribution in [3.05, 3.63) is 24.3 Å². The fourth-order valence-electron chi connectivity index (χ4n) is 3.16. The molecule has 1 saturated carbocycles. The van der Waals surface area contributed by atoms with Gasteiger partial charge in [-0.25, -0.2) is 0 Å². The second-order valence-electron chi connectivity index (χ2n) is 6.11. The molecule has 0 amide bonds. The highest BCUT2D eigenvalue weighted by Crippen LogP contribution is 2.34. The fraction of sp³-hybridized carbons (Fsp3) is 0.722. The van der Waals surface area contributed by atoms with Crippen molar-refractivity contribution in [2.24, 2.45) is 5.16 Å². The average Bonchev–Trinajstić information content (AvgIpc) is 2.51. The van der Waals surface area contributed by atoms with E-state index in [1.165, 1.54) is 32.1 Å². The van der Waals surface area contributed by atoms with Gasteiger partial charge in [0, 0.05) is 10.5 Å². The van der Waals surface area contributed by atoms with Crippen LogP contribution in [0.1, 0.15) is 70.6 Å². The van der Waals surface area contributed by atoms with Crippen molar-refractivity contribution in [1.29, 1.82) is 0 Å². The Kier molecular flexibility index (Phi) is 8.01. The molecule has 2 aliphatic rings. The number of thioether (sulfide) groups is 1. The third-order valence-electron chi connectivity index (χ3n) is 4.41. The van der Waals surface area contributed by atoms with Gasteiger partial charge in [0.15, 0.2) is 0 Å². The van der Waals surface area contributed by atoms with Gasteiger partial charge < -0.3 is 5.21 Å². The predicted octanol–water partition coefficient (Wildman–Crippen LogP) is 5.72. The van der Waals surface area contributed by atoms with E-state index in [0.29, 0.717) is 5.25 Å². The van der Waals surface area contributed by atoms with Gasteiger partial charge in [-0.3, -0.25) is 0 Å². The SMILES string of the molecule is O/N=C1\CC/C=C/CC/C=C/CC[C@@H]1SC1CCCCC1. The molecule has 1 fully saturated rings. The number of hydrogen-bond acceptors (Lipinski definition) is 3. The van der Waals surface area contributed by atoms with Crippen LogP contribution in [0.3, 0.4) is 0 Å². The van der Waals surface area contributed by atoms with Crippen LogP contribution in [-0.2, 0) is 0 Å². The largest absolute Gasteiger partial charge is 0.411 e. The van der Waals surface area contributed by atoms with Crippen LogP contribution in [0.25, 0.3) is 0 Å². The van der Waals surface area contributed by atoms with Crippen LogP contribution in [0, 0.1) is 0 Å². The van der Waals surface area contributed by atoms with E-state index in [1.54, 1.807) is 0 Å². The van der Waals surface area contributed by atoms with Crippen LogP contribution in [0.2, 0.25) is 0 Å². The topological polar surface area (TPSA) is 32.6 Å². The van der Waals surface area contributed by atoms with Crippen molar-refractivity contribution in [3.8, 4) is 0 Å². The quantitative estimate of drug-likeness (QED) is 0.402. The minimum Gasteiger partial charge on any atom is -0.411 e. The highest BCUT2D eigenvalue weighted by atomic mass is 32.2. The number of allylic oxidation sites excluding steroid dienone is 4. The summed E-state index contributed by atoms with van der Waals surface area (Å²) in [6, 6.07) is 0. The number of hydrogen-bond donors (Lipinski definition) is 1. The van der Waals surface area contributed by atoms with E-state index in [-0.39, 0.29) is 0 Å². The van der Waals surface area contributed by atoms with Crippen LogP contribution in [-0.4, -0.2) is 21.4 Å². The molecule has 0 heterocycles. The van der Waals surface area contributed by atoms with Crippen molar-refractivity contribution in [1.82, 2.24) is 0 Å². The zero-order valence-corrected chi connectivity index (χ0v) is 13.9. The van der Waals surface area contributed by atoms with E-state index >= 15 is 0 Å². The molecule has 0 spiro atoms. The second-order valence-corrected chi connectivity index (χ2v) is 7.62. The molecular weight excluding hydrogens is 278 g/mol. The number of rotatable bonds is 2. The lowest BCUT2D eigenvalue weighted by molar-refractivity contribution is 0.316. The van der Waals surface area contributed by atoms with E-state index < -0.39 is 0 Å². The van der Waals surface area contributed by atoms with Gasteiger partial charge in [-0.05, 0) is 51.4 Å². The van der Waals surface area contributed by atoms with Gasteiger partial charge in [0.05, 0.1) is 5.71 Å². The van der Waals surface area contributed by atoms with E-state index in [4.69, 9.17) is 0 Å². The van der Waals surface area contributed by atoms with Crippen LogP contribution < -0.4 is 0 Å². The van der Waals surface area contributed by atoms with Crippen molar-refractivity contribution < 1.29 is 5.21 Å². The Hall–Kier alpha value is -0.700. The lowest BCUT2D eigenvalue weighted by Crippen LogP contribution is -2.22. The molecule has 2 aliphatic carbocycles. The van der Waals surface area contributed by atoms with Gasteiger partial charge in [-0.1, -0.05) is 48.7 Å². The monoisotopic (exact) mass is 307 g/mol. The zero-order valence-electron chi connectivity index (χ0n) is 13.0. The van der Waals surface area contributed by atoms with E-state index in [2.05, 4.69) is 41.2 Å². The number of nitrogens with zero attached hydrogens (tertiary/aromatic N) is 1. The van der Waals surface area contributed by atoms with Crippen LogP contribution >= 0.6 is 11.8 Å². The van der Waals surface area contributed by atoms with Gasteiger partial charge >= 0.3 is 0 Å². The summed E-state index contributed by atoms with van der Waals surface area (Å²) in [6.07, 6.45) is 22.3. The molecule has 0 unspecified atom stereocenters. The molecule has 0 saturated heterocycles. The molecule has 2 nitrogen and oxygen atoms in total. The molecule has 0 aromatic heterocycles. The fourth-order valence-corrected chi connectivity index (χ4v) is 4.83. The third-order valence-corrected chi connectivity index (χ3v) is 6.10. The Morgan fingerprint density at radius 3 is 2.24 bits per heavy atom. The zero-order chi connectivity index (χ0) is 14.8. The number of oxime groups is 1. The van der Waals surface area contributed by atoms with Gasteiger partial charge in [-0.2, -0.15) is 0 Å². The summed E-state index contributed by atoms with van der Waals surface area (Å²) < 4.78 is 0. The molecule has 0 aromatic rings. The normalized spacial score (nSPS) is 31.2. The summed E-state index contributed by atoms with van der Waals surface area (Å²) in [6.45, 7) is 0. The minimum absolute atomic E-state index is 0.399. The smallest absolute Gasteiger partial charge is 0.0703 e. The molecular formula is C18H29NOS. The van der Waals surface area contributed by atoms with Crippen LogP contribution in [0.5, 0.6) is 0 Å². The first kappa shape index (κ1) is 16.7. The van der Waals surface area contributed by atoms with Crippen molar-refractivity contribution >= 4 is 17.5 Å². The molecule has 1 atom stereocenters. The molecule has 3 heteroatoms. The lowest BCUT2D eigenvalue weighted by Gasteiger charge is -2.26. The van der Waals surface area contributed by atoms with E-state index in [0.717, 1.165) is 49.5 Å². The second kappa shape index (κ2) is 10.1. The Morgan fingerprint density at radius 2 is 1.52 bits per heavy atom. The van der Waals surface area contributed by atoms with Gasteiger partial charge in [0.2, 0.25) is 0 Å². The molecule has 118 valence electrons. The molecule has 21 heavy (non-hydrogen) atoms. The van der Waals surface area contributed by atoms with E-state index in [9.17, 15) is 5.21 Å². The Bertz CT molecular complexity index is 369. The van der Waals surface area contributed by atoms with Gasteiger partial charge in [0.1, 0.15) is 0 Å². The molecule has 0 radical (unpaired) electrons. The first-order valence-corrected chi connectivity index (χ1v) is 9.50. The van der Waals surface area contributed by atoms with Crippen LogP contribution in [0.4, 0.5) is 0 Å². The molecule has 0 bridgehead atoms. The maximum absolute atomic E-state index is 9.43. The summed E-state index contributed by atoms with van der Waals surface area (Å²) in [5.41, 5.74) is 1.00. The highest BCUT2D eigenvalue weighted by Gasteiger charge is 2.23. The molecule has 1 N–H and O–H groups in total. The summed E-state index contributed by atoms with van der Waals surface area (Å²) in [4.78, 5) is 0. The summed E-state index contributed by atoms with van der Waals surface area (Å²) in [5.74, 6) is 0. The van der Waals surface area contributed by atoms with Crippen molar-refractivity contribution in [2.75, 3.05) is 0 Å². The Morgan fingerprint density at radius 1 is 0.857 bits per heavy atom. The Balaban J connectivity index is 1.97. The van der Waals surface area contributed by atoms with Gasteiger partial charge in [-0.15, -0.1) is 11.8 Å². The van der Waals surface area contributed by atoms with Crippen molar-refractivity contribution in [2.45, 2.75) is 81.1 Å². The first-order chi connectivity index (χ1) is 10.4. The van der Waals surface area contributed by atoms with Crippen LogP contribution in [0.15, 0.2) is 29.5 Å². The predicted molar refractivity (Wildman–Crippen MR) is 93.5 cm³/mol. The standard InChI is InChI=1S/C18H29NOS/c20-19-17-14-10-5-3-1-2-4-6-11-15-18(17)21-16-12-8-7-9-13-16/h3-6,16,18,20H,1-2,7-15H2/b5-3+,6-4+,19-17+/t18-/m0/s1. The third kappa shape index (κ3) is 6.29. The maximum Gasteiger partial charge on any atom is 0.0703 e. The maximum atomic E-state index is 9.43. The Labute approximate surface area is 133 Å². The summed E-state index contributed by atoms with van der Waals surface area (Å²) >= 11 is 2.08. The summed E-state index contributed by atoms with van der Waals surface area (Å²) in [5, 5.41) is 14.3. The molecule has 0 aromatic carbocycles. The average molecular weight is 308 g/mol. The lowest BCUT2D eigenvalue weighted by atomic mass is 10.0. The summed E-state index contributed by atoms with van der Waals surface area (Å²) in [7, 11) is 0.